The normalized spacial score (nSPS) is 20.7. The maximum absolute atomic E-state index is 14.8. The van der Waals surface area contributed by atoms with Crippen LogP contribution in [0.1, 0.15) is 23.6 Å². The summed E-state index contributed by atoms with van der Waals surface area (Å²) in [5, 5.41) is 11.0. The van der Waals surface area contributed by atoms with Crippen molar-refractivity contribution in [2.45, 2.75) is 12.5 Å². The van der Waals surface area contributed by atoms with Gasteiger partial charge in [0.1, 0.15) is 11.6 Å². The van der Waals surface area contributed by atoms with Crippen LogP contribution in [0, 0.1) is 11.6 Å². The third-order valence-corrected chi connectivity index (χ3v) is 6.14. The Morgan fingerprint density at radius 2 is 1.82 bits per heavy atom. The standard InChI is InChI=1S/C25H26F2N2O5/c1-33-20-8-7-16(15-19(20)27)23(30)21-22(17-5-2-3-6-18(17)26)29(25(32)24(21)31)10-4-9-28-11-13-34-14-12-28/h2-3,5-8,15,22,30H,4,9-14H2,1H3. The molecule has 2 aliphatic rings. The van der Waals surface area contributed by atoms with Crippen molar-refractivity contribution in [2.24, 2.45) is 0 Å². The number of benzene rings is 2. The first-order chi connectivity index (χ1) is 16.4. The molecule has 7 nitrogen and oxygen atoms in total. The van der Waals surface area contributed by atoms with Crippen LogP contribution in [-0.4, -0.2) is 73.1 Å². The fourth-order valence-electron chi connectivity index (χ4n) is 4.39. The van der Waals surface area contributed by atoms with Crippen LogP contribution in [0.4, 0.5) is 8.78 Å². The van der Waals surface area contributed by atoms with Gasteiger partial charge in [-0.3, -0.25) is 14.5 Å². The summed E-state index contributed by atoms with van der Waals surface area (Å²) in [6.45, 7) is 3.70. The first-order valence-electron chi connectivity index (χ1n) is 11.1. The van der Waals surface area contributed by atoms with Gasteiger partial charge in [0.05, 0.1) is 31.9 Å². The van der Waals surface area contributed by atoms with Gasteiger partial charge in [0, 0.05) is 37.3 Å². The van der Waals surface area contributed by atoms with E-state index < -0.39 is 35.1 Å². The monoisotopic (exact) mass is 472 g/mol. The number of carbonyl (C=O) groups is 2. The molecule has 0 aromatic heterocycles. The number of halogens is 2. The number of ketones is 1. The maximum atomic E-state index is 14.8. The fraction of sp³-hybridized carbons (Fsp3) is 0.360. The molecule has 2 aliphatic heterocycles. The van der Waals surface area contributed by atoms with Gasteiger partial charge in [0.25, 0.3) is 11.7 Å². The Morgan fingerprint density at radius 1 is 1.09 bits per heavy atom. The molecule has 4 rings (SSSR count). The molecule has 9 heteroatoms. The van der Waals surface area contributed by atoms with Crippen LogP contribution in [0.15, 0.2) is 48.0 Å². The highest BCUT2D eigenvalue weighted by Gasteiger charge is 2.46. The molecule has 1 N–H and O–H groups in total. The van der Waals surface area contributed by atoms with Gasteiger partial charge in [0.15, 0.2) is 11.6 Å². The topological polar surface area (TPSA) is 79.3 Å². The van der Waals surface area contributed by atoms with Crippen LogP contribution in [0.2, 0.25) is 0 Å². The Morgan fingerprint density at radius 3 is 2.50 bits per heavy atom. The lowest BCUT2D eigenvalue weighted by molar-refractivity contribution is -0.140. The minimum absolute atomic E-state index is 0.00837. The Balaban J connectivity index is 1.70. The number of Topliss-reactive ketones (excluding diaryl/α,β-unsaturated/α-hetero) is 1. The Bertz CT molecular complexity index is 1110. The molecule has 1 atom stereocenters. The van der Waals surface area contributed by atoms with Crippen molar-refractivity contribution >= 4 is 17.4 Å². The van der Waals surface area contributed by atoms with Gasteiger partial charge in [-0.2, -0.15) is 0 Å². The number of rotatable bonds is 7. The number of aliphatic hydroxyl groups excluding tert-OH is 1. The van der Waals surface area contributed by atoms with E-state index in [0.717, 1.165) is 19.2 Å². The lowest BCUT2D eigenvalue weighted by Gasteiger charge is -2.29. The quantitative estimate of drug-likeness (QED) is 0.379. The summed E-state index contributed by atoms with van der Waals surface area (Å²) in [5.74, 6) is -3.72. The number of likely N-dealkylation sites (tertiary alicyclic amines) is 1. The van der Waals surface area contributed by atoms with Crippen LogP contribution < -0.4 is 4.74 Å². The molecule has 2 heterocycles. The van der Waals surface area contributed by atoms with Gasteiger partial charge in [-0.05, 0) is 30.7 Å². The van der Waals surface area contributed by atoms with Crippen molar-refractivity contribution in [1.82, 2.24) is 9.80 Å². The SMILES string of the molecule is COc1ccc(C(O)=C2C(=O)C(=O)N(CCCN3CCOCC3)C2c2ccccc2F)cc1F. The van der Waals surface area contributed by atoms with Gasteiger partial charge in [-0.1, -0.05) is 18.2 Å². The fourth-order valence-corrected chi connectivity index (χ4v) is 4.39. The minimum Gasteiger partial charge on any atom is -0.507 e. The second kappa shape index (κ2) is 10.3. The molecule has 0 saturated carbocycles. The summed E-state index contributed by atoms with van der Waals surface area (Å²) < 4.78 is 39.4. The number of nitrogens with zero attached hydrogens (tertiary/aromatic N) is 2. The molecule has 1 unspecified atom stereocenters. The largest absolute Gasteiger partial charge is 0.507 e. The van der Waals surface area contributed by atoms with E-state index in [9.17, 15) is 23.5 Å². The molecular formula is C25H26F2N2O5. The highest BCUT2D eigenvalue weighted by Crippen LogP contribution is 2.40. The Kier molecular flexibility index (Phi) is 7.23. The summed E-state index contributed by atoms with van der Waals surface area (Å²) in [6.07, 6.45) is 0.551. The summed E-state index contributed by atoms with van der Waals surface area (Å²) in [5.41, 5.74) is -0.194. The number of carbonyl (C=O) groups excluding carboxylic acids is 2. The van der Waals surface area contributed by atoms with Crippen LogP contribution in [0.25, 0.3) is 5.76 Å². The molecule has 2 fully saturated rings. The number of hydrogen-bond donors (Lipinski definition) is 1. The molecule has 2 saturated heterocycles. The highest BCUT2D eigenvalue weighted by atomic mass is 19.1. The molecule has 2 aromatic carbocycles. The average Bonchev–Trinajstić information content (AvgIpc) is 3.09. The van der Waals surface area contributed by atoms with Crippen LogP contribution >= 0.6 is 0 Å². The highest BCUT2D eigenvalue weighted by molar-refractivity contribution is 6.46. The van der Waals surface area contributed by atoms with Crippen molar-refractivity contribution in [3.05, 3.63) is 70.8 Å². The number of ether oxygens (including phenoxy) is 2. The molecule has 0 aliphatic carbocycles. The maximum Gasteiger partial charge on any atom is 0.295 e. The predicted molar refractivity (Wildman–Crippen MR) is 120 cm³/mol. The van der Waals surface area contributed by atoms with E-state index in [-0.39, 0.29) is 29.0 Å². The molecule has 1 amide bonds. The second-order valence-electron chi connectivity index (χ2n) is 8.17. The molecule has 0 bridgehead atoms. The zero-order valence-corrected chi connectivity index (χ0v) is 18.8. The second-order valence-corrected chi connectivity index (χ2v) is 8.17. The molecule has 0 radical (unpaired) electrons. The Hall–Kier alpha value is -3.30. The number of morpholine rings is 1. The van der Waals surface area contributed by atoms with Crippen molar-refractivity contribution in [2.75, 3.05) is 46.5 Å². The average molecular weight is 472 g/mol. The molecule has 180 valence electrons. The minimum atomic E-state index is -1.13. The molecular weight excluding hydrogens is 446 g/mol. The van der Waals surface area contributed by atoms with Gasteiger partial charge in [-0.25, -0.2) is 8.78 Å². The van der Waals surface area contributed by atoms with Crippen LogP contribution in [0.3, 0.4) is 0 Å². The van der Waals surface area contributed by atoms with Gasteiger partial charge in [-0.15, -0.1) is 0 Å². The van der Waals surface area contributed by atoms with E-state index in [1.54, 1.807) is 6.07 Å². The summed E-state index contributed by atoms with van der Waals surface area (Å²) in [7, 11) is 1.30. The van der Waals surface area contributed by atoms with Crippen molar-refractivity contribution in [1.29, 1.82) is 0 Å². The zero-order chi connectivity index (χ0) is 24.2. The molecule has 2 aromatic rings. The third kappa shape index (κ3) is 4.67. The number of aliphatic hydroxyl groups is 1. The number of amides is 1. The summed E-state index contributed by atoms with van der Waals surface area (Å²) >= 11 is 0. The lowest BCUT2D eigenvalue weighted by Crippen LogP contribution is -2.39. The van der Waals surface area contributed by atoms with E-state index in [2.05, 4.69) is 4.90 Å². The van der Waals surface area contributed by atoms with E-state index >= 15 is 0 Å². The Labute approximate surface area is 196 Å². The van der Waals surface area contributed by atoms with E-state index in [1.807, 2.05) is 0 Å². The van der Waals surface area contributed by atoms with E-state index in [1.165, 1.54) is 42.3 Å². The van der Waals surface area contributed by atoms with E-state index in [0.29, 0.717) is 26.2 Å². The van der Waals surface area contributed by atoms with E-state index in [4.69, 9.17) is 9.47 Å². The molecule has 0 spiro atoms. The van der Waals surface area contributed by atoms with Gasteiger partial charge >= 0.3 is 0 Å². The summed E-state index contributed by atoms with van der Waals surface area (Å²) in [4.78, 5) is 29.5. The van der Waals surface area contributed by atoms with Crippen LogP contribution in [0.5, 0.6) is 5.75 Å². The van der Waals surface area contributed by atoms with Crippen molar-refractivity contribution in [3.63, 3.8) is 0 Å². The zero-order valence-electron chi connectivity index (χ0n) is 18.8. The van der Waals surface area contributed by atoms with Gasteiger partial charge in [0.2, 0.25) is 0 Å². The van der Waals surface area contributed by atoms with Gasteiger partial charge < -0.3 is 19.5 Å². The third-order valence-electron chi connectivity index (χ3n) is 6.14. The van der Waals surface area contributed by atoms with Crippen molar-refractivity contribution < 1.29 is 33.0 Å². The van der Waals surface area contributed by atoms with Crippen molar-refractivity contribution in [3.8, 4) is 5.75 Å². The first-order valence-corrected chi connectivity index (χ1v) is 11.1. The number of methoxy groups -OCH3 is 1. The summed E-state index contributed by atoms with van der Waals surface area (Å²) in [6, 6.07) is 8.37. The molecule has 34 heavy (non-hydrogen) atoms. The van der Waals surface area contributed by atoms with Crippen LogP contribution in [-0.2, 0) is 14.3 Å². The lowest BCUT2D eigenvalue weighted by atomic mass is 9.94. The predicted octanol–water partition coefficient (Wildman–Crippen LogP) is 3.12. The number of hydrogen-bond acceptors (Lipinski definition) is 6. The smallest absolute Gasteiger partial charge is 0.295 e. The first kappa shape index (κ1) is 23.8.